The normalized spacial score (nSPS) is 10.1. The average Bonchev–Trinajstić information content (AvgIpc) is 2.28. The molecule has 17 heavy (non-hydrogen) atoms. The summed E-state index contributed by atoms with van der Waals surface area (Å²) < 4.78 is 29.8. The van der Waals surface area contributed by atoms with Gasteiger partial charge in [0.1, 0.15) is 11.8 Å². The van der Waals surface area contributed by atoms with E-state index in [1.54, 1.807) is 13.0 Å². The summed E-state index contributed by atoms with van der Waals surface area (Å²) in [5, 5.41) is 8.70. The van der Waals surface area contributed by atoms with Crippen molar-refractivity contribution in [3.63, 3.8) is 0 Å². The smallest absolute Gasteiger partial charge is 0.357 e. The van der Waals surface area contributed by atoms with E-state index in [1.807, 2.05) is 0 Å². The molecule has 0 fully saturated rings. The molecule has 0 aliphatic rings. The molecule has 1 heterocycles. The lowest BCUT2D eigenvalue weighted by Gasteiger charge is -2.08. The number of pyridine rings is 1. The van der Waals surface area contributed by atoms with Gasteiger partial charge in [-0.25, -0.2) is 18.6 Å². The number of hydrogen-bond donors (Lipinski definition) is 0. The van der Waals surface area contributed by atoms with Crippen molar-refractivity contribution in [3.05, 3.63) is 28.6 Å². The quantitative estimate of drug-likeness (QED) is 0.761. The molecule has 1 aromatic rings. The predicted molar refractivity (Wildman–Crippen MR) is 54.6 cm³/mol. The van der Waals surface area contributed by atoms with E-state index in [1.165, 1.54) is 6.92 Å². The minimum Gasteiger partial charge on any atom is -0.461 e. The topological polar surface area (TPSA) is 63.0 Å². The molecule has 0 radical (unpaired) electrons. The highest BCUT2D eigenvalue weighted by atomic mass is 19.3. The number of esters is 1. The molecule has 0 aromatic carbocycles. The molecule has 0 saturated carbocycles. The number of nitriles is 1. The van der Waals surface area contributed by atoms with Gasteiger partial charge in [-0.1, -0.05) is 0 Å². The highest BCUT2D eigenvalue weighted by Crippen LogP contribution is 2.23. The third-order valence-electron chi connectivity index (χ3n) is 2.05. The van der Waals surface area contributed by atoms with E-state index in [9.17, 15) is 13.6 Å². The van der Waals surface area contributed by atoms with Crippen LogP contribution in [-0.4, -0.2) is 17.6 Å². The molecule has 1 rings (SSSR count). The zero-order valence-corrected chi connectivity index (χ0v) is 9.33. The van der Waals surface area contributed by atoms with E-state index in [-0.39, 0.29) is 17.9 Å². The number of halogens is 2. The second-order valence-corrected chi connectivity index (χ2v) is 3.22. The van der Waals surface area contributed by atoms with Crippen molar-refractivity contribution in [2.75, 3.05) is 6.61 Å². The summed E-state index contributed by atoms with van der Waals surface area (Å²) in [6.07, 6.45) is -2.80. The number of aryl methyl sites for hydroxylation is 1. The second-order valence-electron chi connectivity index (χ2n) is 3.22. The Bertz CT molecular complexity index is 481. The molecule has 0 aliphatic heterocycles. The van der Waals surface area contributed by atoms with Crippen molar-refractivity contribution in [1.82, 2.24) is 4.98 Å². The predicted octanol–water partition coefficient (Wildman–Crippen LogP) is 2.38. The Morgan fingerprint density at radius 1 is 1.65 bits per heavy atom. The number of hydrogen-bond acceptors (Lipinski definition) is 4. The van der Waals surface area contributed by atoms with Crippen LogP contribution in [0.3, 0.4) is 0 Å². The molecule has 0 amide bonds. The first kappa shape index (κ1) is 13.0. The van der Waals surface area contributed by atoms with Crippen LogP contribution in [0.15, 0.2) is 6.07 Å². The summed E-state index contributed by atoms with van der Waals surface area (Å²) in [6, 6.07) is 2.63. The fraction of sp³-hybridized carbons (Fsp3) is 0.364. The molecule has 1 aromatic heterocycles. The first-order valence-corrected chi connectivity index (χ1v) is 4.88. The van der Waals surface area contributed by atoms with Crippen molar-refractivity contribution in [1.29, 1.82) is 5.26 Å². The SMILES string of the molecule is CCOC(=O)c1nc(C#N)c(C(F)F)cc1C. The van der Waals surface area contributed by atoms with Gasteiger partial charge >= 0.3 is 5.97 Å². The Labute approximate surface area is 96.8 Å². The fourth-order valence-corrected chi connectivity index (χ4v) is 1.30. The summed E-state index contributed by atoms with van der Waals surface area (Å²) in [6.45, 7) is 3.23. The largest absolute Gasteiger partial charge is 0.461 e. The van der Waals surface area contributed by atoms with Gasteiger partial charge in [0.2, 0.25) is 0 Å². The molecular formula is C11H10F2N2O2. The van der Waals surface area contributed by atoms with E-state index in [2.05, 4.69) is 4.98 Å². The van der Waals surface area contributed by atoms with Crippen molar-refractivity contribution in [2.24, 2.45) is 0 Å². The van der Waals surface area contributed by atoms with Gasteiger partial charge in [-0.05, 0) is 25.5 Å². The van der Waals surface area contributed by atoms with Crippen LogP contribution < -0.4 is 0 Å². The monoisotopic (exact) mass is 240 g/mol. The van der Waals surface area contributed by atoms with Gasteiger partial charge in [-0.2, -0.15) is 5.26 Å². The molecule has 90 valence electrons. The summed E-state index contributed by atoms with van der Waals surface area (Å²) >= 11 is 0. The number of carbonyl (C=O) groups is 1. The van der Waals surface area contributed by atoms with Crippen LogP contribution in [0.2, 0.25) is 0 Å². The van der Waals surface area contributed by atoms with Crippen molar-refractivity contribution < 1.29 is 18.3 Å². The molecular weight excluding hydrogens is 230 g/mol. The minimum absolute atomic E-state index is 0.104. The average molecular weight is 240 g/mol. The fourth-order valence-electron chi connectivity index (χ4n) is 1.30. The second kappa shape index (κ2) is 5.34. The summed E-state index contributed by atoms with van der Waals surface area (Å²) in [4.78, 5) is 15.0. The number of alkyl halides is 2. The van der Waals surface area contributed by atoms with Gasteiger partial charge in [0.05, 0.1) is 12.2 Å². The Morgan fingerprint density at radius 2 is 2.29 bits per heavy atom. The molecule has 4 nitrogen and oxygen atoms in total. The maximum Gasteiger partial charge on any atom is 0.357 e. The molecule has 0 N–H and O–H groups in total. The molecule has 0 saturated heterocycles. The van der Waals surface area contributed by atoms with E-state index in [4.69, 9.17) is 10.00 Å². The Morgan fingerprint density at radius 3 is 2.76 bits per heavy atom. The van der Waals surface area contributed by atoms with Crippen molar-refractivity contribution in [3.8, 4) is 6.07 Å². The molecule has 6 heteroatoms. The highest BCUT2D eigenvalue weighted by molar-refractivity contribution is 5.89. The lowest BCUT2D eigenvalue weighted by atomic mass is 10.1. The molecule has 0 spiro atoms. The van der Waals surface area contributed by atoms with E-state index < -0.39 is 23.7 Å². The van der Waals surface area contributed by atoms with Crippen molar-refractivity contribution >= 4 is 5.97 Å². The van der Waals surface area contributed by atoms with Crippen LogP contribution in [0.4, 0.5) is 8.78 Å². The highest BCUT2D eigenvalue weighted by Gasteiger charge is 2.20. The van der Waals surface area contributed by atoms with Gasteiger partial charge < -0.3 is 4.74 Å². The van der Waals surface area contributed by atoms with Crippen LogP contribution in [0.25, 0.3) is 0 Å². The van der Waals surface area contributed by atoms with Crippen LogP contribution in [0.1, 0.15) is 40.7 Å². The molecule has 0 atom stereocenters. The minimum atomic E-state index is -2.80. The number of rotatable bonds is 3. The third-order valence-corrected chi connectivity index (χ3v) is 2.05. The maximum absolute atomic E-state index is 12.6. The standard InChI is InChI=1S/C11H10F2N2O2/c1-3-17-11(16)9-6(2)4-7(10(12)13)8(5-14)15-9/h4,10H,3H2,1-2H3. The summed E-state index contributed by atoms with van der Waals surface area (Å²) in [5.74, 6) is -0.720. The number of nitrogens with zero attached hydrogens (tertiary/aromatic N) is 2. The van der Waals surface area contributed by atoms with Crippen LogP contribution in [0, 0.1) is 18.3 Å². The Kier molecular flexibility index (Phi) is 4.10. The maximum atomic E-state index is 12.6. The van der Waals surface area contributed by atoms with Crippen LogP contribution >= 0.6 is 0 Å². The summed E-state index contributed by atoms with van der Waals surface area (Å²) in [7, 11) is 0. The van der Waals surface area contributed by atoms with Gasteiger partial charge in [-0.15, -0.1) is 0 Å². The first-order chi connectivity index (χ1) is 8.01. The summed E-state index contributed by atoms with van der Waals surface area (Å²) in [5.41, 5.74) is -0.766. The Hall–Kier alpha value is -2.03. The van der Waals surface area contributed by atoms with Gasteiger partial charge in [0.15, 0.2) is 5.69 Å². The molecule has 0 aliphatic carbocycles. The number of carbonyl (C=O) groups excluding carboxylic acids is 1. The number of aromatic nitrogens is 1. The molecule has 0 bridgehead atoms. The molecule has 0 unspecified atom stereocenters. The van der Waals surface area contributed by atoms with Crippen LogP contribution in [-0.2, 0) is 4.74 Å². The number of ether oxygens (including phenoxy) is 1. The van der Waals surface area contributed by atoms with E-state index in [0.717, 1.165) is 6.07 Å². The van der Waals surface area contributed by atoms with E-state index >= 15 is 0 Å². The van der Waals surface area contributed by atoms with Crippen molar-refractivity contribution in [2.45, 2.75) is 20.3 Å². The van der Waals surface area contributed by atoms with Gasteiger partial charge in [0.25, 0.3) is 6.43 Å². The van der Waals surface area contributed by atoms with E-state index in [0.29, 0.717) is 0 Å². The zero-order valence-electron chi connectivity index (χ0n) is 9.33. The third kappa shape index (κ3) is 2.75. The lowest BCUT2D eigenvalue weighted by Crippen LogP contribution is -2.11. The first-order valence-electron chi connectivity index (χ1n) is 4.88. The van der Waals surface area contributed by atoms with Crippen LogP contribution in [0.5, 0.6) is 0 Å². The lowest BCUT2D eigenvalue weighted by molar-refractivity contribution is 0.0517. The van der Waals surface area contributed by atoms with Gasteiger partial charge in [-0.3, -0.25) is 0 Å². The van der Waals surface area contributed by atoms with Gasteiger partial charge in [0, 0.05) is 0 Å². The Balaban J connectivity index is 3.28. The zero-order chi connectivity index (χ0) is 13.0.